The summed E-state index contributed by atoms with van der Waals surface area (Å²) in [5.41, 5.74) is -0.474. The molecule has 0 aromatic rings. The first-order valence-corrected chi connectivity index (χ1v) is 5.41. The van der Waals surface area contributed by atoms with Crippen LogP contribution in [0, 0.1) is 11.3 Å². The highest BCUT2D eigenvalue weighted by Crippen LogP contribution is 2.48. The molecule has 0 radical (unpaired) electrons. The molecule has 3 atom stereocenters. The Morgan fingerprint density at radius 2 is 2.00 bits per heavy atom. The molecule has 1 aliphatic carbocycles. The largest absolute Gasteiger partial charge is 0.388 e. The van der Waals surface area contributed by atoms with Crippen molar-refractivity contribution in [2.24, 2.45) is 11.3 Å². The standard InChI is InChI=1S/C11H21NO/c1-10(2,3)11(13)6-4-8-5-7-12-9(8)11/h8-9,12-13H,4-7H2,1-3H3/t8-,9+,11-/m1/s1. The first kappa shape index (κ1) is 9.47. The monoisotopic (exact) mass is 183 g/mol. The van der Waals surface area contributed by atoms with Gasteiger partial charge in [-0.25, -0.2) is 0 Å². The molecular weight excluding hydrogens is 162 g/mol. The maximum absolute atomic E-state index is 10.6. The molecule has 2 fully saturated rings. The van der Waals surface area contributed by atoms with Crippen LogP contribution in [0.4, 0.5) is 0 Å². The zero-order valence-electron chi connectivity index (χ0n) is 8.93. The molecule has 0 aromatic carbocycles. The molecule has 76 valence electrons. The molecule has 2 rings (SSSR count). The average molecular weight is 183 g/mol. The Bertz CT molecular complexity index is 209. The molecule has 1 saturated carbocycles. The topological polar surface area (TPSA) is 32.3 Å². The molecule has 0 spiro atoms. The maximum atomic E-state index is 10.6. The van der Waals surface area contributed by atoms with Gasteiger partial charge in [-0.05, 0) is 37.1 Å². The minimum Gasteiger partial charge on any atom is -0.388 e. The lowest BCUT2D eigenvalue weighted by Gasteiger charge is -2.41. The van der Waals surface area contributed by atoms with Crippen molar-refractivity contribution < 1.29 is 5.11 Å². The van der Waals surface area contributed by atoms with Crippen LogP contribution < -0.4 is 5.32 Å². The predicted octanol–water partition coefficient (Wildman–Crippen LogP) is 1.54. The van der Waals surface area contributed by atoms with Gasteiger partial charge in [-0.15, -0.1) is 0 Å². The molecular formula is C11H21NO. The van der Waals surface area contributed by atoms with Crippen LogP contribution in [-0.2, 0) is 0 Å². The first-order chi connectivity index (χ1) is 5.95. The van der Waals surface area contributed by atoms with E-state index in [2.05, 4.69) is 26.1 Å². The van der Waals surface area contributed by atoms with Crippen LogP contribution in [0.3, 0.4) is 0 Å². The Kier molecular flexibility index (Phi) is 1.97. The Morgan fingerprint density at radius 1 is 1.31 bits per heavy atom. The van der Waals surface area contributed by atoms with Crippen LogP contribution in [0.2, 0.25) is 0 Å². The van der Waals surface area contributed by atoms with Gasteiger partial charge in [0.1, 0.15) is 0 Å². The number of hydrogen-bond donors (Lipinski definition) is 2. The average Bonchev–Trinajstić information content (AvgIpc) is 2.52. The summed E-state index contributed by atoms with van der Waals surface area (Å²) in [5, 5.41) is 14.1. The van der Waals surface area contributed by atoms with Crippen molar-refractivity contribution in [3.63, 3.8) is 0 Å². The fraction of sp³-hybridized carbons (Fsp3) is 1.00. The fourth-order valence-corrected chi connectivity index (χ4v) is 3.03. The molecule has 1 saturated heterocycles. The highest BCUT2D eigenvalue weighted by Gasteiger charge is 2.54. The summed E-state index contributed by atoms with van der Waals surface area (Å²) < 4.78 is 0. The second-order valence-corrected chi connectivity index (χ2v) is 5.69. The van der Waals surface area contributed by atoms with E-state index in [4.69, 9.17) is 0 Å². The minimum absolute atomic E-state index is 0.00373. The summed E-state index contributed by atoms with van der Waals surface area (Å²) in [6.07, 6.45) is 3.42. The molecule has 2 nitrogen and oxygen atoms in total. The fourth-order valence-electron chi connectivity index (χ4n) is 3.03. The number of hydrogen-bond acceptors (Lipinski definition) is 2. The number of rotatable bonds is 0. The molecule has 2 heteroatoms. The van der Waals surface area contributed by atoms with Gasteiger partial charge in [-0.1, -0.05) is 20.8 Å². The third kappa shape index (κ3) is 1.23. The smallest absolute Gasteiger partial charge is 0.0850 e. The van der Waals surface area contributed by atoms with Crippen molar-refractivity contribution >= 4 is 0 Å². The minimum atomic E-state index is -0.478. The first-order valence-electron chi connectivity index (χ1n) is 5.41. The van der Waals surface area contributed by atoms with Crippen molar-refractivity contribution in [1.29, 1.82) is 0 Å². The molecule has 0 unspecified atom stereocenters. The van der Waals surface area contributed by atoms with Crippen LogP contribution in [0.15, 0.2) is 0 Å². The van der Waals surface area contributed by atoms with Gasteiger partial charge in [0.2, 0.25) is 0 Å². The molecule has 0 amide bonds. The van der Waals surface area contributed by atoms with Crippen LogP contribution in [0.25, 0.3) is 0 Å². The molecule has 0 aromatic heterocycles. The van der Waals surface area contributed by atoms with E-state index in [9.17, 15) is 5.11 Å². The summed E-state index contributed by atoms with van der Waals surface area (Å²) in [5.74, 6) is 0.726. The van der Waals surface area contributed by atoms with Crippen molar-refractivity contribution in [3.05, 3.63) is 0 Å². The zero-order chi connectivity index (χ0) is 9.69. The van der Waals surface area contributed by atoms with Gasteiger partial charge in [0.05, 0.1) is 5.60 Å². The van der Waals surface area contributed by atoms with E-state index in [-0.39, 0.29) is 5.41 Å². The third-order valence-electron chi connectivity index (χ3n) is 4.06. The van der Waals surface area contributed by atoms with Gasteiger partial charge in [0.25, 0.3) is 0 Å². The van der Waals surface area contributed by atoms with Gasteiger partial charge in [0.15, 0.2) is 0 Å². The lowest BCUT2D eigenvalue weighted by atomic mass is 9.72. The number of nitrogens with one attached hydrogen (secondary N) is 1. The van der Waals surface area contributed by atoms with Gasteiger partial charge < -0.3 is 10.4 Å². The van der Waals surface area contributed by atoms with E-state index in [1.54, 1.807) is 0 Å². The van der Waals surface area contributed by atoms with E-state index in [1.165, 1.54) is 12.8 Å². The second-order valence-electron chi connectivity index (χ2n) is 5.69. The summed E-state index contributed by atoms with van der Waals surface area (Å²) >= 11 is 0. The summed E-state index contributed by atoms with van der Waals surface area (Å²) in [7, 11) is 0. The maximum Gasteiger partial charge on any atom is 0.0850 e. The van der Waals surface area contributed by atoms with Crippen molar-refractivity contribution in [1.82, 2.24) is 5.32 Å². The lowest BCUT2D eigenvalue weighted by Crippen LogP contribution is -2.54. The van der Waals surface area contributed by atoms with Crippen molar-refractivity contribution in [2.75, 3.05) is 6.54 Å². The van der Waals surface area contributed by atoms with Gasteiger partial charge in [0, 0.05) is 6.04 Å². The van der Waals surface area contributed by atoms with Gasteiger partial charge in [-0.3, -0.25) is 0 Å². The highest BCUT2D eigenvalue weighted by atomic mass is 16.3. The Hall–Kier alpha value is -0.0800. The molecule has 2 N–H and O–H groups in total. The van der Waals surface area contributed by atoms with Crippen LogP contribution in [-0.4, -0.2) is 23.3 Å². The Morgan fingerprint density at radius 3 is 2.62 bits per heavy atom. The number of fused-ring (bicyclic) bond motifs is 1. The summed E-state index contributed by atoms with van der Waals surface area (Å²) in [4.78, 5) is 0. The van der Waals surface area contributed by atoms with E-state index < -0.39 is 5.60 Å². The molecule has 1 aliphatic heterocycles. The summed E-state index contributed by atoms with van der Waals surface area (Å²) in [6, 6.07) is 0.354. The molecule has 0 bridgehead atoms. The van der Waals surface area contributed by atoms with Crippen molar-refractivity contribution in [2.45, 2.75) is 51.7 Å². The van der Waals surface area contributed by atoms with E-state index >= 15 is 0 Å². The van der Waals surface area contributed by atoms with Crippen LogP contribution in [0.5, 0.6) is 0 Å². The van der Waals surface area contributed by atoms with E-state index in [0.29, 0.717) is 6.04 Å². The summed E-state index contributed by atoms with van der Waals surface area (Å²) in [6.45, 7) is 7.54. The Balaban J connectivity index is 2.24. The van der Waals surface area contributed by atoms with E-state index in [0.717, 1.165) is 18.9 Å². The Labute approximate surface area is 80.7 Å². The van der Waals surface area contributed by atoms with Gasteiger partial charge in [-0.2, -0.15) is 0 Å². The SMILES string of the molecule is CC(C)(C)[C@@]1(O)CC[C@@H]2CCN[C@@H]21. The second kappa shape index (κ2) is 2.71. The van der Waals surface area contributed by atoms with Crippen LogP contribution >= 0.6 is 0 Å². The van der Waals surface area contributed by atoms with Crippen molar-refractivity contribution in [3.8, 4) is 0 Å². The van der Waals surface area contributed by atoms with Crippen LogP contribution in [0.1, 0.15) is 40.0 Å². The third-order valence-corrected chi connectivity index (χ3v) is 4.06. The molecule has 2 aliphatic rings. The van der Waals surface area contributed by atoms with E-state index in [1.807, 2.05) is 0 Å². The normalized spacial score (nSPS) is 45.2. The highest BCUT2D eigenvalue weighted by molar-refractivity contribution is 5.09. The van der Waals surface area contributed by atoms with Gasteiger partial charge >= 0.3 is 0 Å². The molecule has 13 heavy (non-hydrogen) atoms. The lowest BCUT2D eigenvalue weighted by molar-refractivity contribution is -0.0715. The number of aliphatic hydroxyl groups is 1. The zero-order valence-corrected chi connectivity index (χ0v) is 8.93. The predicted molar refractivity (Wildman–Crippen MR) is 53.5 cm³/mol. The molecule has 1 heterocycles. The quantitative estimate of drug-likeness (QED) is 0.597.